The Bertz CT molecular complexity index is 581. The highest BCUT2D eigenvalue weighted by molar-refractivity contribution is 6.33. The molecule has 0 saturated heterocycles. The van der Waals surface area contributed by atoms with E-state index in [-0.39, 0.29) is 5.82 Å². The fourth-order valence-electron chi connectivity index (χ4n) is 2.06. The molecule has 2 rings (SSSR count). The van der Waals surface area contributed by atoms with Gasteiger partial charge in [0.2, 0.25) is 0 Å². The van der Waals surface area contributed by atoms with Crippen LogP contribution in [0, 0.1) is 12.7 Å². The number of hydrogen-bond acceptors (Lipinski definition) is 1. The van der Waals surface area contributed by atoms with Gasteiger partial charge in [-0.05, 0) is 42.8 Å². The number of hydrogen-bond donors (Lipinski definition) is 1. The summed E-state index contributed by atoms with van der Waals surface area (Å²) < 4.78 is 13.4. The van der Waals surface area contributed by atoms with Crippen LogP contribution in [0.3, 0.4) is 0 Å². The van der Waals surface area contributed by atoms with E-state index in [1.807, 2.05) is 13.0 Å². The zero-order chi connectivity index (χ0) is 13.8. The van der Waals surface area contributed by atoms with Crippen molar-refractivity contribution in [2.24, 2.45) is 0 Å². The van der Waals surface area contributed by atoms with Crippen molar-refractivity contribution in [3.63, 3.8) is 0 Å². The summed E-state index contributed by atoms with van der Waals surface area (Å²) in [4.78, 5) is 0. The summed E-state index contributed by atoms with van der Waals surface area (Å²) in [6.45, 7) is 5.72. The smallest absolute Gasteiger partial charge is 0.123 e. The fraction of sp³-hybridized carbons (Fsp3) is 0.250. The molecule has 2 aromatic carbocycles. The van der Waals surface area contributed by atoms with Crippen LogP contribution in [0.1, 0.15) is 18.1 Å². The molecule has 0 saturated carbocycles. The molecule has 0 radical (unpaired) electrons. The first kappa shape index (κ1) is 14.0. The first-order chi connectivity index (χ1) is 9.11. The summed E-state index contributed by atoms with van der Waals surface area (Å²) in [5, 5.41) is 3.87. The van der Waals surface area contributed by atoms with E-state index >= 15 is 0 Å². The van der Waals surface area contributed by atoms with Gasteiger partial charge < -0.3 is 5.32 Å². The molecule has 0 unspecified atom stereocenters. The van der Waals surface area contributed by atoms with Crippen molar-refractivity contribution in [3.8, 4) is 11.1 Å². The number of benzene rings is 2. The summed E-state index contributed by atoms with van der Waals surface area (Å²) in [5.41, 5.74) is 4.00. The zero-order valence-corrected chi connectivity index (χ0v) is 11.9. The van der Waals surface area contributed by atoms with Gasteiger partial charge in [-0.2, -0.15) is 0 Å². The van der Waals surface area contributed by atoms with Gasteiger partial charge in [0.1, 0.15) is 5.82 Å². The monoisotopic (exact) mass is 277 g/mol. The molecule has 19 heavy (non-hydrogen) atoms. The van der Waals surface area contributed by atoms with Gasteiger partial charge in [0.25, 0.3) is 0 Å². The van der Waals surface area contributed by atoms with Crippen LogP contribution in [0.15, 0.2) is 36.4 Å². The number of nitrogens with one attached hydrogen (secondary N) is 1. The summed E-state index contributed by atoms with van der Waals surface area (Å²) in [6, 6.07) is 10.6. The minimum Gasteiger partial charge on any atom is -0.313 e. The molecule has 0 aliphatic rings. The maximum atomic E-state index is 13.4. The Morgan fingerprint density at radius 3 is 2.63 bits per heavy atom. The molecule has 0 atom stereocenters. The van der Waals surface area contributed by atoms with Gasteiger partial charge in [0.15, 0.2) is 0 Å². The van der Waals surface area contributed by atoms with Gasteiger partial charge in [-0.1, -0.05) is 42.3 Å². The van der Waals surface area contributed by atoms with Crippen LogP contribution in [-0.4, -0.2) is 6.54 Å². The Labute approximate surface area is 118 Å². The van der Waals surface area contributed by atoms with Gasteiger partial charge in [-0.3, -0.25) is 0 Å². The highest BCUT2D eigenvalue weighted by Crippen LogP contribution is 2.32. The third-order valence-corrected chi connectivity index (χ3v) is 3.38. The highest BCUT2D eigenvalue weighted by atomic mass is 35.5. The van der Waals surface area contributed by atoms with Crippen LogP contribution in [0.4, 0.5) is 4.39 Å². The van der Waals surface area contributed by atoms with Gasteiger partial charge in [0.05, 0.1) is 0 Å². The van der Waals surface area contributed by atoms with Crippen molar-refractivity contribution in [2.75, 3.05) is 6.54 Å². The van der Waals surface area contributed by atoms with Gasteiger partial charge in [-0.25, -0.2) is 4.39 Å². The molecule has 1 N–H and O–H groups in total. The second-order valence-corrected chi connectivity index (χ2v) is 4.97. The van der Waals surface area contributed by atoms with E-state index in [1.165, 1.54) is 12.1 Å². The van der Waals surface area contributed by atoms with Crippen molar-refractivity contribution in [2.45, 2.75) is 20.4 Å². The lowest BCUT2D eigenvalue weighted by molar-refractivity contribution is 0.628. The van der Waals surface area contributed by atoms with E-state index in [4.69, 9.17) is 11.6 Å². The van der Waals surface area contributed by atoms with Crippen molar-refractivity contribution in [3.05, 3.63) is 58.4 Å². The van der Waals surface area contributed by atoms with Gasteiger partial charge in [-0.15, -0.1) is 0 Å². The Balaban J connectivity index is 2.52. The molecule has 2 aromatic rings. The minimum absolute atomic E-state index is 0.268. The standard InChI is InChI=1S/C16H17ClFN/c1-3-19-10-12-5-4-11(2)8-14(12)15-9-13(18)6-7-16(15)17/h4-9,19H,3,10H2,1-2H3. The molecule has 0 bridgehead atoms. The van der Waals surface area contributed by atoms with E-state index in [0.717, 1.165) is 35.3 Å². The summed E-state index contributed by atoms with van der Waals surface area (Å²) in [5.74, 6) is -0.268. The van der Waals surface area contributed by atoms with Gasteiger partial charge >= 0.3 is 0 Å². The first-order valence-corrected chi connectivity index (χ1v) is 6.75. The van der Waals surface area contributed by atoms with Gasteiger partial charge in [0, 0.05) is 17.1 Å². The molecular weight excluding hydrogens is 261 g/mol. The number of aryl methyl sites for hydroxylation is 1. The average Bonchev–Trinajstić information content (AvgIpc) is 2.40. The fourth-order valence-corrected chi connectivity index (χ4v) is 2.28. The van der Waals surface area contributed by atoms with Crippen molar-refractivity contribution >= 4 is 11.6 Å². The molecule has 0 fully saturated rings. The lowest BCUT2D eigenvalue weighted by Gasteiger charge is -2.13. The third-order valence-electron chi connectivity index (χ3n) is 3.05. The van der Waals surface area contributed by atoms with Crippen LogP contribution in [0.25, 0.3) is 11.1 Å². The minimum atomic E-state index is -0.268. The van der Waals surface area contributed by atoms with Crippen LogP contribution < -0.4 is 5.32 Å². The van der Waals surface area contributed by atoms with E-state index in [2.05, 4.69) is 24.4 Å². The molecule has 0 aliphatic carbocycles. The number of halogens is 2. The molecule has 0 aromatic heterocycles. The Morgan fingerprint density at radius 2 is 1.89 bits per heavy atom. The maximum absolute atomic E-state index is 13.4. The van der Waals surface area contributed by atoms with Crippen molar-refractivity contribution in [1.82, 2.24) is 5.32 Å². The summed E-state index contributed by atoms with van der Waals surface area (Å²) in [6.07, 6.45) is 0. The maximum Gasteiger partial charge on any atom is 0.123 e. The van der Waals surface area contributed by atoms with Crippen molar-refractivity contribution < 1.29 is 4.39 Å². The van der Waals surface area contributed by atoms with Crippen LogP contribution in [0.2, 0.25) is 5.02 Å². The third kappa shape index (κ3) is 3.34. The summed E-state index contributed by atoms with van der Waals surface area (Å²) in [7, 11) is 0. The molecule has 0 spiro atoms. The second-order valence-electron chi connectivity index (χ2n) is 4.57. The van der Waals surface area contributed by atoms with E-state index in [9.17, 15) is 4.39 Å². The average molecular weight is 278 g/mol. The SMILES string of the molecule is CCNCc1ccc(C)cc1-c1cc(F)ccc1Cl. The molecule has 1 nitrogen and oxygen atoms in total. The molecular formula is C16H17ClFN. The Kier molecular flexibility index (Phi) is 4.56. The van der Waals surface area contributed by atoms with E-state index in [0.29, 0.717) is 5.02 Å². The largest absolute Gasteiger partial charge is 0.313 e. The lowest BCUT2D eigenvalue weighted by Crippen LogP contribution is -2.12. The Hall–Kier alpha value is -1.38. The first-order valence-electron chi connectivity index (χ1n) is 6.37. The van der Waals surface area contributed by atoms with E-state index < -0.39 is 0 Å². The summed E-state index contributed by atoms with van der Waals surface area (Å²) >= 11 is 6.20. The molecule has 100 valence electrons. The predicted molar refractivity (Wildman–Crippen MR) is 79.0 cm³/mol. The zero-order valence-electron chi connectivity index (χ0n) is 11.1. The predicted octanol–water partition coefficient (Wildman–Crippen LogP) is 4.56. The normalized spacial score (nSPS) is 10.7. The molecule has 0 heterocycles. The Morgan fingerprint density at radius 1 is 1.11 bits per heavy atom. The second kappa shape index (κ2) is 6.18. The lowest BCUT2D eigenvalue weighted by atomic mass is 9.97. The van der Waals surface area contributed by atoms with Crippen molar-refractivity contribution in [1.29, 1.82) is 0 Å². The number of rotatable bonds is 4. The molecule has 0 aliphatic heterocycles. The molecule has 3 heteroatoms. The van der Waals surface area contributed by atoms with E-state index in [1.54, 1.807) is 6.07 Å². The van der Waals surface area contributed by atoms with Crippen LogP contribution >= 0.6 is 11.6 Å². The topological polar surface area (TPSA) is 12.0 Å². The quantitative estimate of drug-likeness (QED) is 0.864. The van der Waals surface area contributed by atoms with Crippen LogP contribution in [-0.2, 0) is 6.54 Å². The van der Waals surface area contributed by atoms with Crippen LogP contribution in [0.5, 0.6) is 0 Å². The molecule has 0 amide bonds. The highest BCUT2D eigenvalue weighted by Gasteiger charge is 2.10.